The fraction of sp³-hybridized carbons (Fsp3) is 0.250. The molecule has 0 radical (unpaired) electrons. The highest BCUT2D eigenvalue weighted by atomic mass is 16.1. The molecule has 0 saturated heterocycles. The lowest BCUT2D eigenvalue weighted by molar-refractivity contribution is -0.108. The lowest BCUT2D eigenvalue weighted by atomic mass is 10.1. The third-order valence-electron chi connectivity index (χ3n) is 2.44. The summed E-state index contributed by atoms with van der Waals surface area (Å²) in [7, 11) is 0. The Morgan fingerprint density at radius 3 is 2.79 bits per heavy atom. The summed E-state index contributed by atoms with van der Waals surface area (Å²) in [6.07, 6.45) is 4.19. The smallest absolute Gasteiger partial charge is 0.139 e. The van der Waals surface area contributed by atoms with Crippen LogP contribution in [0, 0.1) is 0 Å². The van der Waals surface area contributed by atoms with Crippen molar-refractivity contribution < 1.29 is 4.79 Å². The molecule has 1 aliphatic heterocycles. The quantitative estimate of drug-likeness (QED) is 0.674. The number of nitrogens with zero attached hydrogens (tertiary/aromatic N) is 1. The first-order chi connectivity index (χ1) is 6.92. The van der Waals surface area contributed by atoms with Gasteiger partial charge in [-0.3, -0.25) is 0 Å². The van der Waals surface area contributed by atoms with Gasteiger partial charge in [0.05, 0.1) is 6.54 Å². The molecule has 0 unspecified atom stereocenters. The van der Waals surface area contributed by atoms with E-state index in [0.29, 0.717) is 6.54 Å². The van der Waals surface area contributed by atoms with Gasteiger partial charge in [-0.15, -0.1) is 0 Å². The van der Waals surface area contributed by atoms with Crippen LogP contribution in [0.5, 0.6) is 0 Å². The summed E-state index contributed by atoms with van der Waals surface area (Å²) < 4.78 is 0. The van der Waals surface area contributed by atoms with E-state index in [1.54, 1.807) is 0 Å². The minimum atomic E-state index is 0.501. The summed E-state index contributed by atoms with van der Waals surface area (Å²) in [6, 6.07) is 10.2. The number of aldehydes is 1. The molecule has 0 spiro atoms. The highest BCUT2D eigenvalue weighted by Crippen LogP contribution is 2.24. The van der Waals surface area contributed by atoms with Crippen molar-refractivity contribution in [2.75, 3.05) is 13.1 Å². The van der Waals surface area contributed by atoms with Crippen molar-refractivity contribution >= 4 is 12.0 Å². The summed E-state index contributed by atoms with van der Waals surface area (Å²) in [4.78, 5) is 12.6. The maximum absolute atomic E-state index is 10.5. The van der Waals surface area contributed by atoms with Crippen molar-refractivity contribution in [1.82, 2.24) is 4.90 Å². The van der Waals surface area contributed by atoms with Gasteiger partial charge in [0.15, 0.2) is 0 Å². The molecule has 1 aromatic rings. The van der Waals surface area contributed by atoms with Crippen LogP contribution < -0.4 is 0 Å². The summed E-state index contributed by atoms with van der Waals surface area (Å²) in [5.74, 6) is 0. The van der Waals surface area contributed by atoms with Crippen molar-refractivity contribution in [2.24, 2.45) is 0 Å². The van der Waals surface area contributed by atoms with Crippen LogP contribution in [0.3, 0.4) is 0 Å². The maximum atomic E-state index is 10.5. The molecule has 0 N–H and O–H groups in total. The first kappa shape index (κ1) is 9.00. The lowest BCUT2D eigenvalue weighted by Crippen LogP contribution is -2.20. The van der Waals surface area contributed by atoms with Crippen molar-refractivity contribution in [3.63, 3.8) is 0 Å². The van der Waals surface area contributed by atoms with E-state index >= 15 is 0 Å². The van der Waals surface area contributed by atoms with E-state index in [1.807, 2.05) is 18.2 Å². The molecule has 2 rings (SSSR count). The zero-order chi connectivity index (χ0) is 9.80. The largest absolute Gasteiger partial charge is 0.364 e. The fourth-order valence-corrected chi connectivity index (χ4v) is 1.80. The van der Waals surface area contributed by atoms with Crippen LogP contribution in [-0.4, -0.2) is 24.3 Å². The van der Waals surface area contributed by atoms with Gasteiger partial charge in [-0.2, -0.15) is 0 Å². The van der Waals surface area contributed by atoms with Crippen LogP contribution in [0.4, 0.5) is 0 Å². The van der Waals surface area contributed by atoms with E-state index < -0.39 is 0 Å². The van der Waals surface area contributed by atoms with Gasteiger partial charge >= 0.3 is 0 Å². The Kier molecular flexibility index (Phi) is 2.63. The van der Waals surface area contributed by atoms with E-state index in [9.17, 15) is 4.79 Å². The summed E-state index contributed by atoms with van der Waals surface area (Å²) in [5, 5.41) is 0. The number of rotatable bonds is 3. The first-order valence-corrected chi connectivity index (χ1v) is 4.86. The van der Waals surface area contributed by atoms with E-state index in [2.05, 4.69) is 23.1 Å². The molecule has 2 nitrogen and oxygen atoms in total. The second-order valence-corrected chi connectivity index (χ2v) is 3.36. The van der Waals surface area contributed by atoms with Crippen LogP contribution in [0.1, 0.15) is 12.0 Å². The monoisotopic (exact) mass is 187 g/mol. The molecule has 14 heavy (non-hydrogen) atoms. The van der Waals surface area contributed by atoms with Gasteiger partial charge in [-0.25, -0.2) is 0 Å². The Labute approximate surface area is 83.8 Å². The van der Waals surface area contributed by atoms with Crippen molar-refractivity contribution in [3.8, 4) is 0 Å². The Bertz CT molecular complexity index is 343. The normalized spacial score (nSPS) is 15.4. The number of benzene rings is 1. The molecule has 0 amide bonds. The molecule has 0 aromatic heterocycles. The third kappa shape index (κ3) is 1.69. The van der Waals surface area contributed by atoms with Crippen LogP contribution in [0.25, 0.3) is 5.70 Å². The molecule has 0 fully saturated rings. The average Bonchev–Trinajstić information content (AvgIpc) is 2.68. The molecule has 1 heterocycles. The lowest BCUT2D eigenvalue weighted by Gasteiger charge is -2.19. The van der Waals surface area contributed by atoms with Crippen LogP contribution in [-0.2, 0) is 4.79 Å². The van der Waals surface area contributed by atoms with Gasteiger partial charge in [-0.1, -0.05) is 36.4 Å². The summed E-state index contributed by atoms with van der Waals surface area (Å²) in [6.45, 7) is 1.46. The van der Waals surface area contributed by atoms with Gasteiger partial charge in [-0.05, 0) is 12.0 Å². The Morgan fingerprint density at radius 1 is 1.29 bits per heavy atom. The molecular weight excluding hydrogens is 174 g/mol. The number of hydrogen-bond donors (Lipinski definition) is 0. The second kappa shape index (κ2) is 4.09. The number of carbonyl (C=O) groups excluding carboxylic acids is 1. The predicted molar refractivity (Wildman–Crippen MR) is 56.7 cm³/mol. The first-order valence-electron chi connectivity index (χ1n) is 4.86. The molecule has 0 aliphatic carbocycles. The van der Waals surface area contributed by atoms with E-state index in [0.717, 1.165) is 19.3 Å². The Balaban J connectivity index is 2.22. The minimum absolute atomic E-state index is 0.501. The molecule has 2 heteroatoms. The van der Waals surface area contributed by atoms with Gasteiger partial charge < -0.3 is 9.69 Å². The van der Waals surface area contributed by atoms with E-state index in [1.165, 1.54) is 11.3 Å². The van der Waals surface area contributed by atoms with Gasteiger partial charge in [0.2, 0.25) is 0 Å². The van der Waals surface area contributed by atoms with Crippen molar-refractivity contribution in [1.29, 1.82) is 0 Å². The summed E-state index contributed by atoms with van der Waals surface area (Å²) >= 11 is 0. The zero-order valence-corrected chi connectivity index (χ0v) is 8.02. The summed E-state index contributed by atoms with van der Waals surface area (Å²) in [5.41, 5.74) is 2.39. The predicted octanol–water partition coefficient (Wildman–Crippen LogP) is 1.93. The highest BCUT2D eigenvalue weighted by Gasteiger charge is 2.15. The maximum Gasteiger partial charge on any atom is 0.139 e. The molecule has 0 atom stereocenters. The standard InChI is InChI=1S/C12H13NO/c14-10-9-13-8-4-7-12(13)11-5-2-1-3-6-11/h1-3,5-7,10H,4,8-9H2. The minimum Gasteiger partial charge on any atom is -0.364 e. The van der Waals surface area contributed by atoms with E-state index in [4.69, 9.17) is 0 Å². The SMILES string of the molecule is O=CCN1CCC=C1c1ccccc1. The average molecular weight is 187 g/mol. The van der Waals surface area contributed by atoms with Gasteiger partial charge in [0, 0.05) is 12.2 Å². The second-order valence-electron chi connectivity index (χ2n) is 3.36. The van der Waals surface area contributed by atoms with Gasteiger partial charge in [0.25, 0.3) is 0 Å². The van der Waals surface area contributed by atoms with Crippen LogP contribution in [0.2, 0.25) is 0 Å². The molecule has 72 valence electrons. The van der Waals surface area contributed by atoms with E-state index in [-0.39, 0.29) is 0 Å². The van der Waals surface area contributed by atoms with Crippen molar-refractivity contribution in [3.05, 3.63) is 42.0 Å². The van der Waals surface area contributed by atoms with Gasteiger partial charge in [0.1, 0.15) is 6.29 Å². The number of hydrogen-bond acceptors (Lipinski definition) is 2. The molecule has 0 saturated carbocycles. The van der Waals surface area contributed by atoms with Crippen LogP contribution >= 0.6 is 0 Å². The Morgan fingerprint density at radius 2 is 2.07 bits per heavy atom. The van der Waals surface area contributed by atoms with Crippen LogP contribution in [0.15, 0.2) is 36.4 Å². The zero-order valence-electron chi connectivity index (χ0n) is 8.02. The molecule has 1 aromatic carbocycles. The fourth-order valence-electron chi connectivity index (χ4n) is 1.80. The third-order valence-corrected chi connectivity index (χ3v) is 2.44. The number of carbonyl (C=O) groups is 1. The Hall–Kier alpha value is -1.57. The molecule has 0 bridgehead atoms. The topological polar surface area (TPSA) is 20.3 Å². The highest BCUT2D eigenvalue weighted by molar-refractivity contribution is 5.68. The van der Waals surface area contributed by atoms with Crippen molar-refractivity contribution in [2.45, 2.75) is 6.42 Å². The molecular formula is C12H13NO. The molecule has 1 aliphatic rings.